The maximum absolute atomic E-state index is 17.2. The fourth-order valence-corrected chi connectivity index (χ4v) is 14.8. The summed E-state index contributed by atoms with van der Waals surface area (Å²) in [6.45, 7) is 9.11. The molecule has 10 heterocycles. The third kappa shape index (κ3) is 9.67. The van der Waals surface area contributed by atoms with Gasteiger partial charge in [0.25, 0.3) is 0 Å². The van der Waals surface area contributed by atoms with Crippen molar-refractivity contribution >= 4 is 56.4 Å². The number of piperidine rings is 4. The van der Waals surface area contributed by atoms with Crippen molar-refractivity contribution in [2.45, 2.75) is 125 Å². The van der Waals surface area contributed by atoms with Crippen LogP contribution in [0.2, 0.25) is 0 Å². The van der Waals surface area contributed by atoms with Gasteiger partial charge in [-0.2, -0.15) is 9.97 Å². The first-order valence-electron chi connectivity index (χ1n) is 29.1. The lowest BCUT2D eigenvalue weighted by atomic mass is 9.87. The van der Waals surface area contributed by atoms with Crippen LogP contribution in [0.4, 0.5) is 19.4 Å². The molecule has 21 heteroatoms. The van der Waals surface area contributed by atoms with Crippen LogP contribution in [0.1, 0.15) is 107 Å². The predicted octanol–water partition coefficient (Wildman–Crippen LogP) is 6.33. The Balaban J connectivity index is 0.609. The maximum atomic E-state index is 17.2. The van der Waals surface area contributed by atoms with Crippen molar-refractivity contribution in [1.82, 2.24) is 49.0 Å². The minimum absolute atomic E-state index is 0.000543. The van der Waals surface area contributed by atoms with Gasteiger partial charge in [-0.25, -0.2) is 18.4 Å². The third-order valence-corrected chi connectivity index (χ3v) is 19.3. The molecule has 19 nitrogen and oxygen atoms in total. The number of carbonyl (C=O) groups excluding carboxylic acids is 3. The Labute approximate surface area is 473 Å². The lowest BCUT2D eigenvalue weighted by Gasteiger charge is -2.48. The van der Waals surface area contributed by atoms with Crippen molar-refractivity contribution in [3.63, 3.8) is 0 Å². The molecule has 1 unspecified atom stereocenters. The van der Waals surface area contributed by atoms with Gasteiger partial charge in [-0.15, -0.1) is 6.42 Å². The normalized spacial score (nSPS) is 25.5. The number of terminal acetylenes is 1. The van der Waals surface area contributed by atoms with Crippen molar-refractivity contribution in [2.24, 2.45) is 7.05 Å². The first-order chi connectivity index (χ1) is 39.5. The van der Waals surface area contributed by atoms with Crippen LogP contribution >= 0.6 is 0 Å². The van der Waals surface area contributed by atoms with Crippen LogP contribution in [0.15, 0.2) is 53.5 Å². The molecule has 13 rings (SSSR count). The molecule has 0 aliphatic carbocycles. The number of aliphatic hydroxyl groups is 1. The molecule has 0 saturated carbocycles. The van der Waals surface area contributed by atoms with E-state index in [9.17, 15) is 29.4 Å². The molecule has 3 aromatic carbocycles. The lowest BCUT2D eigenvalue weighted by Crippen LogP contribution is -2.63. The molecule has 6 aromatic rings. The molecule has 3 N–H and O–H groups in total. The van der Waals surface area contributed by atoms with Crippen molar-refractivity contribution in [3.8, 4) is 35.4 Å². The van der Waals surface area contributed by atoms with E-state index < -0.39 is 29.2 Å². The Kier molecular flexibility index (Phi) is 14.0. The number of hydrogen-bond acceptors (Lipinski definition) is 15. The number of halogens is 2. The van der Waals surface area contributed by atoms with Gasteiger partial charge in [-0.3, -0.25) is 38.8 Å². The number of imidazole rings is 1. The summed E-state index contributed by atoms with van der Waals surface area (Å²) in [6.07, 6.45) is 16.3. The number of ether oxygens (including phenoxy) is 2. The molecule has 3 aromatic heterocycles. The molecule has 0 radical (unpaired) electrons. The Morgan fingerprint density at radius 3 is 2.43 bits per heavy atom. The van der Waals surface area contributed by atoms with Gasteiger partial charge in [0, 0.05) is 88.0 Å². The van der Waals surface area contributed by atoms with Crippen LogP contribution in [0.3, 0.4) is 0 Å². The second kappa shape index (κ2) is 21.2. The van der Waals surface area contributed by atoms with Crippen LogP contribution in [0.25, 0.3) is 44.0 Å². The zero-order valence-electron chi connectivity index (χ0n) is 46.4. The van der Waals surface area contributed by atoms with Crippen LogP contribution in [-0.4, -0.2) is 173 Å². The van der Waals surface area contributed by atoms with Gasteiger partial charge in [-0.05, 0) is 144 Å². The van der Waals surface area contributed by atoms with Crippen molar-refractivity contribution < 1.29 is 42.9 Å². The number of nitrogens with one attached hydrogen (secondary N) is 1. The number of aromatic nitrogens is 5. The predicted molar refractivity (Wildman–Crippen MR) is 303 cm³/mol. The first-order valence-corrected chi connectivity index (χ1v) is 29.1. The van der Waals surface area contributed by atoms with Crippen molar-refractivity contribution in [1.29, 1.82) is 0 Å². The highest BCUT2D eigenvalue weighted by molar-refractivity contribution is 6.03. The molecule has 7 fully saturated rings. The third-order valence-electron chi connectivity index (χ3n) is 19.3. The molecule has 7 aliphatic rings. The number of anilines is 1. The van der Waals surface area contributed by atoms with Gasteiger partial charge in [0.1, 0.15) is 47.9 Å². The lowest BCUT2D eigenvalue weighted by molar-refractivity contribution is -0.135. The van der Waals surface area contributed by atoms with Gasteiger partial charge < -0.3 is 34.4 Å². The summed E-state index contributed by atoms with van der Waals surface area (Å²) >= 11 is 0. The molecule has 7 saturated heterocycles. The largest absolute Gasteiger partial charge is 0.508 e. The zero-order valence-corrected chi connectivity index (χ0v) is 46.4. The van der Waals surface area contributed by atoms with Gasteiger partial charge in [0.2, 0.25) is 11.8 Å². The van der Waals surface area contributed by atoms with E-state index in [1.807, 2.05) is 15.9 Å². The van der Waals surface area contributed by atoms with Gasteiger partial charge in [-0.1, -0.05) is 18.1 Å². The molecular formula is C61H69F2N11O8. The second-order valence-electron chi connectivity index (χ2n) is 24.3. The number of amides is 3. The minimum atomic E-state index is -1.02. The molecule has 82 heavy (non-hydrogen) atoms. The molecule has 4 atom stereocenters. The number of rotatable bonds is 11. The summed E-state index contributed by atoms with van der Waals surface area (Å²) < 4.78 is 48.1. The summed E-state index contributed by atoms with van der Waals surface area (Å²) in [7, 11) is 1.74. The number of hydrogen-bond donors (Lipinski definition) is 3. The number of benzene rings is 3. The number of pyridine rings is 1. The summed E-state index contributed by atoms with van der Waals surface area (Å²) in [5.41, 5.74) is 0.816. The van der Waals surface area contributed by atoms with Gasteiger partial charge >= 0.3 is 17.8 Å². The molecule has 7 aliphatic heterocycles. The summed E-state index contributed by atoms with van der Waals surface area (Å²) in [5, 5.41) is 25.2. The van der Waals surface area contributed by atoms with Crippen LogP contribution in [0.5, 0.6) is 11.8 Å². The van der Waals surface area contributed by atoms with E-state index in [1.54, 1.807) is 18.5 Å². The van der Waals surface area contributed by atoms with E-state index >= 15 is 8.78 Å². The summed E-state index contributed by atoms with van der Waals surface area (Å²) in [4.78, 5) is 76.7. The quantitative estimate of drug-likeness (QED) is 0.0958. The molecule has 3 amide bonds. The minimum Gasteiger partial charge on any atom is -0.508 e. The highest BCUT2D eigenvalue weighted by atomic mass is 19.1. The number of fused-ring (bicyclic) bond motifs is 4. The van der Waals surface area contributed by atoms with Crippen LogP contribution in [-0.2, 0) is 21.4 Å². The average molecular weight is 1120 g/mol. The molecular weight excluding hydrogens is 1050 g/mol. The molecule has 430 valence electrons. The van der Waals surface area contributed by atoms with Gasteiger partial charge in [0.05, 0.1) is 33.1 Å². The number of phenolic OH excluding ortho intramolecular Hbond substituents is 1. The topological polar surface area (TPSA) is 204 Å². The Morgan fingerprint density at radius 1 is 0.890 bits per heavy atom. The van der Waals surface area contributed by atoms with E-state index in [4.69, 9.17) is 20.9 Å². The number of nitrogens with zero attached hydrogens (tertiary/aromatic N) is 10. The number of β-amino-alcohol motifs (C(OH)–C–C–N with tert-alkyl or cyclic N) is 1. The zero-order chi connectivity index (χ0) is 56.8. The van der Waals surface area contributed by atoms with E-state index in [0.29, 0.717) is 79.0 Å². The summed E-state index contributed by atoms with van der Waals surface area (Å²) in [6, 6.07) is 11.7. The molecule has 0 spiro atoms. The fraction of sp³-hybridized carbons (Fsp3) is 0.525. The molecule has 0 bridgehead atoms. The smallest absolute Gasteiger partial charge is 0.409 e. The standard InChI is InChI=1S/C61H69F2N11O8/c1-4-43-46(62)9-7-38-27-42(75)29-44(51(38)43)53-52(63)54-45(30-64-53)55(71-21-5-18-60(2,80)34-71)67-57(66-54)82-35-61-19-6-22-73(61)40(13-20-61)33-81-59(79)72-31-41(32-72)70-25-16-39(17-26-70)69-23-14-36(15-24-69)37-8-10-47-49(28-37)68(3)58(78)74(47)48-11-12-50(76)65-56(48)77/h1,7-10,27-30,36,39-41,48,75,80H,5-6,11-26,31-35H2,2-3H3,(H,65,76,77)/t40-,48?,60+,61-/m0/s1. The highest BCUT2D eigenvalue weighted by Gasteiger charge is 2.51. The Hall–Kier alpha value is -7.25. The number of imide groups is 1. The van der Waals surface area contributed by atoms with E-state index in [0.717, 1.165) is 89.6 Å². The second-order valence-corrected chi connectivity index (χ2v) is 24.3. The summed E-state index contributed by atoms with van der Waals surface area (Å²) in [5.74, 6) is 0.717. The van der Waals surface area contributed by atoms with Crippen LogP contribution < -0.4 is 20.6 Å². The Morgan fingerprint density at radius 2 is 1.66 bits per heavy atom. The fourth-order valence-electron chi connectivity index (χ4n) is 14.8. The highest BCUT2D eigenvalue weighted by Crippen LogP contribution is 2.44. The van der Waals surface area contributed by atoms with Gasteiger partial charge in [0.15, 0.2) is 5.82 Å². The number of phenols is 1. The first kappa shape index (κ1) is 54.0. The van der Waals surface area contributed by atoms with Crippen LogP contribution in [0, 0.1) is 24.0 Å². The maximum Gasteiger partial charge on any atom is 0.409 e. The Bertz CT molecular complexity index is 3650. The monoisotopic (exact) mass is 1120 g/mol. The number of aromatic hydroxyl groups is 1. The number of likely N-dealkylation sites (tertiary alicyclic amines) is 3. The van der Waals surface area contributed by atoms with E-state index in [-0.39, 0.29) is 94.9 Å². The SMILES string of the molecule is C#Cc1c(F)ccc2cc(O)cc(-c3ncc4c(N5CCC[C@@](C)(O)C5)nc(OC[C@@]56CCCN5[C@H](COC(=O)N5CC(N7CCC(N8CCC(c9ccc%10c(c9)n(C)c(=O)n%10C9CCC(=O)NC9=O)CC8)CC7)C5)CC6)nc4c3F)c12. The number of aryl methyl sites for hydroxylation is 1. The van der Waals surface area contributed by atoms with E-state index in [2.05, 4.69) is 48.0 Å². The number of carbonyl (C=O) groups is 3. The van der Waals surface area contributed by atoms with Crippen molar-refractivity contribution in [3.05, 3.63) is 81.9 Å². The van der Waals surface area contributed by atoms with E-state index in [1.165, 1.54) is 40.6 Å². The van der Waals surface area contributed by atoms with Crippen molar-refractivity contribution in [2.75, 3.05) is 77.0 Å². The average Bonchev–Trinajstić information content (AvgIpc) is 4.16.